The number of hydrogen-bond acceptors (Lipinski definition) is 10. The zero-order chi connectivity index (χ0) is 48.6. The fourth-order valence-electron chi connectivity index (χ4n) is 6.32. The van der Waals surface area contributed by atoms with E-state index in [0.29, 0.717) is 24.8 Å². The number of alkyl halides is 9. The largest absolute Gasteiger partial charge is 0.417 e. The third-order valence-electron chi connectivity index (χ3n) is 9.85. The van der Waals surface area contributed by atoms with E-state index in [9.17, 15) is 54.7 Å². The fourth-order valence-corrected chi connectivity index (χ4v) is 7.02. The first-order chi connectivity index (χ1) is 29.6. The van der Waals surface area contributed by atoms with Crippen molar-refractivity contribution in [3.8, 4) is 18.2 Å². The maximum absolute atomic E-state index is 13.8. The van der Waals surface area contributed by atoms with E-state index in [2.05, 4.69) is 15.0 Å². The Morgan fingerprint density at radius 3 is 1.62 bits per heavy atom. The molecular formula is C41H37Cl3F9N9O2. The van der Waals surface area contributed by atoms with Gasteiger partial charge in [0.1, 0.15) is 56.4 Å². The van der Waals surface area contributed by atoms with Gasteiger partial charge in [0.05, 0.1) is 34.1 Å². The number of rotatable bonds is 7. The molecule has 0 radical (unpaired) electrons. The molecule has 1 saturated carbocycles. The van der Waals surface area contributed by atoms with Crippen LogP contribution in [0.25, 0.3) is 0 Å². The van der Waals surface area contributed by atoms with Crippen LogP contribution in [0.4, 0.5) is 56.8 Å². The predicted molar refractivity (Wildman–Crippen MR) is 221 cm³/mol. The van der Waals surface area contributed by atoms with Crippen molar-refractivity contribution in [2.75, 3.05) is 48.9 Å². The van der Waals surface area contributed by atoms with Crippen LogP contribution in [0.2, 0.25) is 15.5 Å². The van der Waals surface area contributed by atoms with Gasteiger partial charge in [0.2, 0.25) is 5.91 Å². The number of carbonyl (C=O) groups excluding carboxylic acids is 1. The van der Waals surface area contributed by atoms with Crippen molar-refractivity contribution in [3.05, 3.63) is 103 Å². The molecular weight excluding hydrogens is 928 g/mol. The third kappa shape index (κ3) is 12.8. The maximum Gasteiger partial charge on any atom is 0.417 e. The second-order valence-corrected chi connectivity index (χ2v) is 15.2. The lowest BCUT2D eigenvalue weighted by atomic mass is 9.87. The molecule has 3 heterocycles. The van der Waals surface area contributed by atoms with Crippen LogP contribution in [-0.4, -0.2) is 66.3 Å². The summed E-state index contributed by atoms with van der Waals surface area (Å²) in [5.74, 6) is -1.81. The molecule has 1 aromatic carbocycles. The summed E-state index contributed by atoms with van der Waals surface area (Å²) in [7, 11) is 4.79. The minimum atomic E-state index is -4.76. The van der Waals surface area contributed by atoms with E-state index in [1.54, 1.807) is 52.0 Å². The molecule has 0 spiro atoms. The molecule has 5 rings (SSSR count). The Hall–Kier alpha value is -5.59. The summed E-state index contributed by atoms with van der Waals surface area (Å²) in [5, 5.41) is 35.8. The number of nitriles is 3. The second-order valence-electron chi connectivity index (χ2n) is 14.1. The molecule has 64 heavy (non-hydrogen) atoms. The van der Waals surface area contributed by atoms with Gasteiger partial charge in [-0.3, -0.25) is 4.79 Å². The summed E-state index contributed by atoms with van der Waals surface area (Å²) < 4.78 is 117. The van der Waals surface area contributed by atoms with E-state index >= 15 is 0 Å². The highest BCUT2D eigenvalue weighted by Gasteiger charge is 2.45. The van der Waals surface area contributed by atoms with Crippen LogP contribution in [0, 0.1) is 46.8 Å². The lowest BCUT2D eigenvalue weighted by Gasteiger charge is -2.27. The van der Waals surface area contributed by atoms with E-state index in [1.807, 2.05) is 25.1 Å². The van der Waals surface area contributed by atoms with Crippen LogP contribution in [0.1, 0.15) is 77.2 Å². The van der Waals surface area contributed by atoms with Crippen molar-refractivity contribution < 1.29 is 49.4 Å². The van der Waals surface area contributed by atoms with Crippen LogP contribution in [0.15, 0.2) is 42.5 Å². The van der Waals surface area contributed by atoms with Crippen molar-refractivity contribution in [2.24, 2.45) is 5.92 Å². The van der Waals surface area contributed by atoms with E-state index in [-0.39, 0.29) is 36.1 Å². The Morgan fingerprint density at radius 2 is 1.17 bits per heavy atom. The van der Waals surface area contributed by atoms with Gasteiger partial charge in [0.15, 0.2) is 0 Å². The number of nitrogens with zero attached hydrogens (tertiary/aromatic N) is 9. The molecule has 342 valence electrons. The smallest absolute Gasteiger partial charge is 0.393 e. The average molecular weight is 965 g/mol. The number of aliphatic hydroxyl groups is 1. The molecule has 0 saturated heterocycles. The topological polar surface area (TPSA) is 157 Å². The number of anilines is 3. The number of pyridine rings is 3. The minimum absolute atomic E-state index is 0.0519. The van der Waals surface area contributed by atoms with Crippen LogP contribution >= 0.6 is 34.8 Å². The Bertz CT molecular complexity index is 2470. The predicted octanol–water partition coefficient (Wildman–Crippen LogP) is 10.6. The first-order valence-corrected chi connectivity index (χ1v) is 19.8. The Labute approximate surface area is 376 Å². The number of halogens is 12. The molecule has 1 unspecified atom stereocenters. The Morgan fingerprint density at radius 1 is 0.719 bits per heavy atom. The standard InChI is InChI=1S/C24H27F3N4O2.C10H9ClF3N3.C7HCl2F3N2/c1-5-30(3)21-12-20(24(25,26)27)19(13-28)22(29-21)17-10-16(32)11-18(17)23(33)31(4)15-8-6-7-14(2)9-15;1-3-17(2)8-4-7(10(12,13)14)6(5-15)9(11)16-8;8-5-1-4(7(10,11)12)3(2-13)6(9)14-5/h6-9,12,16-18,32H,5,10-11H2,1-4H3;4H,3H2,1-2H3;1H/t16-,17?,18-;;/m1../s1. The zero-order valence-corrected chi connectivity index (χ0v) is 36.8. The van der Waals surface area contributed by atoms with Gasteiger partial charge in [0.25, 0.3) is 0 Å². The molecule has 1 fully saturated rings. The monoisotopic (exact) mass is 963 g/mol. The van der Waals surface area contributed by atoms with Crippen LogP contribution in [-0.2, 0) is 23.3 Å². The van der Waals surface area contributed by atoms with Crippen molar-refractivity contribution in [1.29, 1.82) is 15.8 Å². The van der Waals surface area contributed by atoms with E-state index < -0.39 is 85.3 Å². The molecule has 4 aromatic rings. The number of benzene rings is 1. The number of carbonyl (C=O) groups is 1. The average Bonchev–Trinajstić information content (AvgIpc) is 3.62. The highest BCUT2D eigenvalue weighted by Crippen LogP contribution is 2.45. The molecule has 11 nitrogen and oxygen atoms in total. The lowest BCUT2D eigenvalue weighted by Crippen LogP contribution is -2.35. The summed E-state index contributed by atoms with van der Waals surface area (Å²) in [5.41, 5.74) is -3.76. The quantitative estimate of drug-likeness (QED) is 0.140. The summed E-state index contributed by atoms with van der Waals surface area (Å²) in [6, 6.07) is 14.0. The molecule has 1 N–H and O–H groups in total. The Kier molecular flexibility index (Phi) is 17.6. The molecule has 3 aromatic heterocycles. The van der Waals surface area contributed by atoms with Crippen LogP contribution < -0.4 is 14.7 Å². The van der Waals surface area contributed by atoms with Gasteiger partial charge in [-0.05, 0) is 69.5 Å². The molecule has 3 atom stereocenters. The van der Waals surface area contributed by atoms with Crippen molar-refractivity contribution >= 4 is 58.0 Å². The van der Waals surface area contributed by atoms with E-state index in [0.717, 1.165) is 17.7 Å². The third-order valence-corrected chi connectivity index (χ3v) is 10.6. The van der Waals surface area contributed by atoms with Gasteiger partial charge < -0.3 is 19.8 Å². The van der Waals surface area contributed by atoms with Crippen molar-refractivity contribution in [3.63, 3.8) is 0 Å². The highest BCUT2D eigenvalue weighted by molar-refractivity contribution is 6.33. The van der Waals surface area contributed by atoms with Gasteiger partial charge >= 0.3 is 18.5 Å². The van der Waals surface area contributed by atoms with Crippen molar-refractivity contribution in [1.82, 2.24) is 15.0 Å². The number of aliphatic hydroxyl groups excluding tert-OH is 1. The molecule has 1 amide bonds. The first-order valence-electron chi connectivity index (χ1n) is 18.6. The zero-order valence-electron chi connectivity index (χ0n) is 34.5. The number of aromatic nitrogens is 3. The number of amides is 1. The van der Waals surface area contributed by atoms with Crippen molar-refractivity contribution in [2.45, 2.75) is 64.2 Å². The molecule has 0 bridgehead atoms. The molecule has 23 heteroatoms. The molecule has 0 aliphatic heterocycles. The number of aryl methyl sites for hydroxylation is 1. The summed E-state index contributed by atoms with van der Waals surface area (Å²) in [6.07, 6.45) is -14.8. The lowest BCUT2D eigenvalue weighted by molar-refractivity contribution is -0.138. The van der Waals surface area contributed by atoms with Crippen LogP contribution in [0.3, 0.4) is 0 Å². The SMILES string of the molecule is CCN(C)c1cc(C(F)(F)F)c(C#N)c(C2C[C@@H](O)C[C@H]2C(=O)N(C)c2cccc(C)c2)n1.CCN(C)c1cc(C(F)(F)F)c(C#N)c(Cl)n1.N#Cc1c(C(F)(F)F)cc(Cl)nc1Cl. The van der Waals surface area contributed by atoms with E-state index in [1.165, 1.54) is 21.9 Å². The van der Waals surface area contributed by atoms with Gasteiger partial charge in [-0.15, -0.1) is 0 Å². The number of hydrogen-bond donors (Lipinski definition) is 1. The molecule has 1 aliphatic carbocycles. The summed E-state index contributed by atoms with van der Waals surface area (Å²) in [6.45, 7) is 6.31. The summed E-state index contributed by atoms with van der Waals surface area (Å²) in [4.78, 5) is 29.4. The maximum atomic E-state index is 13.8. The normalized spacial score (nSPS) is 15.9. The molecule has 1 aliphatic rings. The van der Waals surface area contributed by atoms with Gasteiger partial charge in [0, 0.05) is 51.8 Å². The van der Waals surface area contributed by atoms with Gasteiger partial charge in [-0.25, -0.2) is 15.0 Å². The minimum Gasteiger partial charge on any atom is -0.393 e. The van der Waals surface area contributed by atoms with Gasteiger partial charge in [-0.1, -0.05) is 46.9 Å². The highest BCUT2D eigenvalue weighted by atomic mass is 35.5. The summed E-state index contributed by atoms with van der Waals surface area (Å²) >= 11 is 16.2. The second kappa shape index (κ2) is 21.4. The first kappa shape index (κ1) is 52.8. The van der Waals surface area contributed by atoms with E-state index in [4.69, 9.17) is 45.3 Å². The fraction of sp³-hybridized carbons (Fsp3) is 0.390. The Balaban J connectivity index is 0.000000292. The van der Waals surface area contributed by atoms with Crippen LogP contribution in [0.5, 0.6) is 0 Å². The van der Waals surface area contributed by atoms with Gasteiger partial charge in [-0.2, -0.15) is 55.3 Å².